The summed E-state index contributed by atoms with van der Waals surface area (Å²) in [5.41, 5.74) is 3.87. The highest BCUT2D eigenvalue weighted by molar-refractivity contribution is 5.94. The molecule has 0 bridgehead atoms. The number of hydrogen-bond acceptors (Lipinski definition) is 3. The molecule has 1 amide bonds. The number of nitrogens with zero attached hydrogens (tertiary/aromatic N) is 1. The second-order valence-corrected chi connectivity index (χ2v) is 5.72. The van der Waals surface area contributed by atoms with E-state index in [0.717, 1.165) is 37.1 Å². The van der Waals surface area contributed by atoms with Crippen LogP contribution in [0.15, 0.2) is 30.3 Å². The minimum atomic E-state index is -0.0796. The van der Waals surface area contributed by atoms with E-state index in [1.54, 1.807) is 0 Å². The van der Waals surface area contributed by atoms with Gasteiger partial charge in [-0.25, -0.2) is 0 Å². The first-order valence-corrected chi connectivity index (χ1v) is 7.89. The lowest BCUT2D eigenvalue weighted by molar-refractivity contribution is 0.0929. The van der Waals surface area contributed by atoms with Gasteiger partial charge in [0.1, 0.15) is 0 Å². The molecule has 0 saturated carbocycles. The monoisotopic (exact) mass is 298 g/mol. The lowest BCUT2D eigenvalue weighted by atomic mass is 10.0. The molecule has 1 aromatic heterocycles. The molecule has 0 radical (unpaired) electrons. The second kappa shape index (κ2) is 6.75. The molecular weight excluding hydrogens is 276 g/mol. The normalized spacial score (nSPS) is 15.1. The number of H-pyrrole nitrogens is 1. The molecular formula is C17H22N4O. The lowest BCUT2D eigenvalue weighted by Crippen LogP contribution is -2.37. The molecule has 2 aromatic rings. The van der Waals surface area contributed by atoms with Gasteiger partial charge in [-0.2, -0.15) is 5.10 Å². The molecule has 3 rings (SSSR count). The topological polar surface area (TPSA) is 69.8 Å². The second-order valence-electron chi connectivity index (χ2n) is 5.72. The zero-order chi connectivity index (χ0) is 15.4. The van der Waals surface area contributed by atoms with Gasteiger partial charge in [-0.3, -0.25) is 9.89 Å². The third kappa shape index (κ3) is 3.20. The third-order valence-electron chi connectivity index (χ3n) is 4.17. The summed E-state index contributed by atoms with van der Waals surface area (Å²) in [6.07, 6.45) is 2.64. The summed E-state index contributed by atoms with van der Waals surface area (Å²) in [6, 6.07) is 10.4. The Labute approximate surface area is 130 Å². The predicted molar refractivity (Wildman–Crippen MR) is 85.7 cm³/mol. The van der Waals surface area contributed by atoms with Crippen LogP contribution in [0.5, 0.6) is 0 Å². The quantitative estimate of drug-likeness (QED) is 0.788. The average molecular weight is 298 g/mol. The molecule has 2 heterocycles. The molecule has 0 fully saturated rings. The van der Waals surface area contributed by atoms with E-state index in [9.17, 15) is 4.79 Å². The zero-order valence-corrected chi connectivity index (χ0v) is 12.9. The Morgan fingerprint density at radius 2 is 2.18 bits per heavy atom. The Kier molecular flexibility index (Phi) is 4.53. The number of fused-ring (bicyclic) bond motifs is 1. The van der Waals surface area contributed by atoms with Crippen LogP contribution in [-0.2, 0) is 19.4 Å². The summed E-state index contributed by atoms with van der Waals surface area (Å²) in [7, 11) is 0. The van der Waals surface area contributed by atoms with Crippen LogP contribution in [0.25, 0.3) is 0 Å². The van der Waals surface area contributed by atoms with E-state index in [1.807, 2.05) is 18.2 Å². The van der Waals surface area contributed by atoms with Crippen molar-refractivity contribution in [1.29, 1.82) is 0 Å². The van der Waals surface area contributed by atoms with Gasteiger partial charge in [-0.05, 0) is 18.4 Å². The van der Waals surface area contributed by atoms with Gasteiger partial charge in [0.25, 0.3) is 5.91 Å². The third-order valence-corrected chi connectivity index (χ3v) is 4.17. The molecule has 3 N–H and O–H groups in total. The number of carbonyl (C=O) groups is 1. The first-order chi connectivity index (χ1) is 10.8. The molecule has 1 unspecified atom stereocenters. The Hall–Kier alpha value is -2.14. The van der Waals surface area contributed by atoms with Gasteiger partial charge in [0.05, 0.1) is 0 Å². The van der Waals surface area contributed by atoms with Gasteiger partial charge >= 0.3 is 0 Å². The number of carbonyl (C=O) groups excluding carboxylic acids is 1. The predicted octanol–water partition coefficient (Wildman–Crippen LogP) is 1.81. The van der Waals surface area contributed by atoms with Gasteiger partial charge in [0.2, 0.25) is 0 Å². The van der Waals surface area contributed by atoms with E-state index in [1.165, 1.54) is 5.56 Å². The maximum Gasteiger partial charge on any atom is 0.272 e. The summed E-state index contributed by atoms with van der Waals surface area (Å²) in [5.74, 6) is -0.0796. The Morgan fingerprint density at radius 1 is 1.36 bits per heavy atom. The Bertz CT molecular complexity index is 635. The van der Waals surface area contributed by atoms with Crippen LogP contribution in [0.4, 0.5) is 0 Å². The van der Waals surface area contributed by atoms with E-state index in [-0.39, 0.29) is 11.9 Å². The Morgan fingerprint density at radius 3 is 2.95 bits per heavy atom. The van der Waals surface area contributed by atoms with Crippen molar-refractivity contribution >= 4 is 5.91 Å². The average Bonchev–Trinajstić information content (AvgIpc) is 2.99. The number of benzene rings is 1. The summed E-state index contributed by atoms with van der Waals surface area (Å²) in [4.78, 5) is 12.5. The maximum atomic E-state index is 12.5. The smallest absolute Gasteiger partial charge is 0.272 e. The zero-order valence-electron chi connectivity index (χ0n) is 12.9. The van der Waals surface area contributed by atoms with Crippen LogP contribution in [0.1, 0.15) is 40.7 Å². The summed E-state index contributed by atoms with van der Waals surface area (Å²) in [5, 5.41) is 13.6. The number of aromatic nitrogens is 2. The summed E-state index contributed by atoms with van der Waals surface area (Å²) < 4.78 is 0. The molecule has 5 nitrogen and oxygen atoms in total. The van der Waals surface area contributed by atoms with Crippen molar-refractivity contribution in [2.75, 3.05) is 6.54 Å². The summed E-state index contributed by atoms with van der Waals surface area (Å²) in [6.45, 7) is 3.74. The van der Waals surface area contributed by atoms with Gasteiger partial charge in [0, 0.05) is 36.8 Å². The van der Waals surface area contributed by atoms with E-state index in [0.29, 0.717) is 12.2 Å². The first-order valence-electron chi connectivity index (χ1n) is 7.89. The van der Waals surface area contributed by atoms with Crippen LogP contribution in [0.2, 0.25) is 0 Å². The molecule has 1 aliphatic rings. The van der Waals surface area contributed by atoms with E-state index >= 15 is 0 Å². The molecule has 1 atom stereocenters. The molecule has 1 aliphatic heterocycles. The minimum absolute atomic E-state index is 0.0796. The molecule has 5 heteroatoms. The maximum absolute atomic E-state index is 12.5. The van der Waals surface area contributed by atoms with Crippen LogP contribution in [0, 0.1) is 0 Å². The van der Waals surface area contributed by atoms with E-state index in [4.69, 9.17) is 0 Å². The largest absolute Gasteiger partial charge is 0.348 e. The number of rotatable bonds is 5. The summed E-state index contributed by atoms with van der Waals surface area (Å²) >= 11 is 0. The van der Waals surface area contributed by atoms with E-state index < -0.39 is 0 Å². The van der Waals surface area contributed by atoms with Crippen molar-refractivity contribution in [2.24, 2.45) is 0 Å². The number of nitrogens with one attached hydrogen (secondary N) is 3. The van der Waals surface area contributed by atoms with Gasteiger partial charge in [-0.1, -0.05) is 37.3 Å². The van der Waals surface area contributed by atoms with Crippen LogP contribution < -0.4 is 10.6 Å². The lowest BCUT2D eigenvalue weighted by Gasteiger charge is -2.18. The highest BCUT2D eigenvalue weighted by atomic mass is 16.2. The van der Waals surface area contributed by atoms with Gasteiger partial charge in [0.15, 0.2) is 5.69 Å². The molecule has 116 valence electrons. The molecule has 22 heavy (non-hydrogen) atoms. The fourth-order valence-corrected chi connectivity index (χ4v) is 2.86. The van der Waals surface area contributed by atoms with Crippen LogP contribution in [-0.4, -0.2) is 28.7 Å². The SMILES string of the molecule is CCC(Cc1ccccc1)NC(=O)c1n[nH]c2c1CNCC2. The van der Waals surface area contributed by atoms with E-state index in [2.05, 4.69) is 39.9 Å². The first kappa shape index (κ1) is 14.8. The van der Waals surface area contributed by atoms with Crippen molar-refractivity contribution < 1.29 is 4.79 Å². The molecule has 0 saturated heterocycles. The number of hydrogen-bond donors (Lipinski definition) is 3. The molecule has 0 aliphatic carbocycles. The van der Waals surface area contributed by atoms with Crippen molar-refractivity contribution in [3.63, 3.8) is 0 Å². The van der Waals surface area contributed by atoms with Crippen LogP contribution in [0.3, 0.4) is 0 Å². The number of aromatic amines is 1. The van der Waals surface area contributed by atoms with Gasteiger partial charge in [-0.15, -0.1) is 0 Å². The highest BCUT2D eigenvalue weighted by Crippen LogP contribution is 2.16. The van der Waals surface area contributed by atoms with Crippen molar-refractivity contribution in [2.45, 2.75) is 38.8 Å². The molecule has 0 spiro atoms. The highest BCUT2D eigenvalue weighted by Gasteiger charge is 2.23. The van der Waals surface area contributed by atoms with Crippen molar-refractivity contribution in [3.05, 3.63) is 52.8 Å². The fourth-order valence-electron chi connectivity index (χ4n) is 2.86. The van der Waals surface area contributed by atoms with Gasteiger partial charge < -0.3 is 10.6 Å². The van der Waals surface area contributed by atoms with Crippen molar-refractivity contribution in [1.82, 2.24) is 20.8 Å². The minimum Gasteiger partial charge on any atom is -0.348 e. The van der Waals surface area contributed by atoms with Crippen LogP contribution >= 0.6 is 0 Å². The number of amides is 1. The fraction of sp³-hybridized carbons (Fsp3) is 0.412. The standard InChI is InChI=1S/C17H22N4O/c1-2-13(10-12-6-4-3-5-7-12)19-17(22)16-14-11-18-9-8-15(14)20-21-16/h3-7,13,18H,2,8-11H2,1H3,(H,19,22)(H,20,21). The molecule has 1 aromatic carbocycles. The van der Waals surface area contributed by atoms with Crippen molar-refractivity contribution in [3.8, 4) is 0 Å². The Balaban J connectivity index is 1.68.